The zero-order chi connectivity index (χ0) is 12.5. The van der Waals surface area contributed by atoms with Crippen LogP contribution in [0.4, 0.5) is 0 Å². The van der Waals surface area contributed by atoms with E-state index in [1.54, 1.807) is 19.9 Å². The molecule has 1 aliphatic rings. The Morgan fingerprint density at radius 2 is 1.94 bits per heavy atom. The maximum absolute atomic E-state index is 12.2. The Balaban J connectivity index is 2.49. The van der Waals surface area contributed by atoms with Gasteiger partial charge in [-0.15, -0.1) is 6.58 Å². The average Bonchev–Trinajstić information content (AvgIpc) is 2.55. The van der Waals surface area contributed by atoms with Crippen molar-refractivity contribution in [3.63, 3.8) is 0 Å². The molecule has 0 N–H and O–H groups in total. The number of ketones is 1. The molecular formula is C15H16O2. The fourth-order valence-corrected chi connectivity index (χ4v) is 1.98. The summed E-state index contributed by atoms with van der Waals surface area (Å²) in [5.41, 5.74) is 0.906. The summed E-state index contributed by atoms with van der Waals surface area (Å²) < 4.78 is 5.79. The lowest BCUT2D eigenvalue weighted by Gasteiger charge is -2.17. The van der Waals surface area contributed by atoms with Crippen LogP contribution in [-0.2, 0) is 9.53 Å². The summed E-state index contributed by atoms with van der Waals surface area (Å²) in [5, 5.41) is 0. The summed E-state index contributed by atoms with van der Waals surface area (Å²) in [5.74, 6) is 0.747. The third-order valence-electron chi connectivity index (χ3n) is 2.84. The zero-order valence-electron chi connectivity index (χ0n) is 10.2. The van der Waals surface area contributed by atoms with Crippen molar-refractivity contribution < 1.29 is 9.53 Å². The van der Waals surface area contributed by atoms with E-state index in [1.165, 1.54) is 0 Å². The molecule has 0 saturated carbocycles. The molecule has 0 fully saturated rings. The number of carbonyl (C=O) groups excluding carboxylic acids is 1. The smallest absolute Gasteiger partial charge is 0.205 e. The molecule has 1 heterocycles. The van der Waals surface area contributed by atoms with Gasteiger partial charge in [0, 0.05) is 11.1 Å². The molecule has 0 spiro atoms. The Hall–Kier alpha value is -1.83. The van der Waals surface area contributed by atoms with Crippen LogP contribution in [0, 0.1) is 0 Å². The summed E-state index contributed by atoms with van der Waals surface area (Å²) in [6.07, 6.45) is 2.29. The van der Waals surface area contributed by atoms with Gasteiger partial charge >= 0.3 is 0 Å². The zero-order valence-corrected chi connectivity index (χ0v) is 10.2. The Morgan fingerprint density at radius 1 is 1.29 bits per heavy atom. The highest BCUT2D eigenvalue weighted by Gasteiger charge is 2.41. The molecular weight excluding hydrogens is 212 g/mol. The second-order valence-electron chi connectivity index (χ2n) is 4.61. The first kappa shape index (κ1) is 11.6. The van der Waals surface area contributed by atoms with Gasteiger partial charge < -0.3 is 4.74 Å². The van der Waals surface area contributed by atoms with E-state index in [-0.39, 0.29) is 5.78 Å². The molecule has 0 aliphatic carbocycles. The summed E-state index contributed by atoms with van der Waals surface area (Å²) in [6, 6.07) is 9.72. The normalized spacial score (nSPS) is 18.1. The van der Waals surface area contributed by atoms with Crippen molar-refractivity contribution >= 4 is 11.5 Å². The molecule has 0 unspecified atom stereocenters. The Labute approximate surface area is 102 Å². The maximum Gasteiger partial charge on any atom is 0.205 e. The highest BCUT2D eigenvalue weighted by atomic mass is 16.5. The Bertz CT molecular complexity index is 481. The molecule has 1 aromatic carbocycles. The largest absolute Gasteiger partial charge is 0.479 e. The first-order valence-corrected chi connectivity index (χ1v) is 5.69. The van der Waals surface area contributed by atoms with Gasteiger partial charge in [-0.2, -0.15) is 0 Å². The lowest BCUT2D eigenvalue weighted by molar-refractivity contribution is -0.126. The minimum Gasteiger partial charge on any atom is -0.479 e. The van der Waals surface area contributed by atoms with Gasteiger partial charge in [0.05, 0.1) is 0 Å². The van der Waals surface area contributed by atoms with E-state index in [9.17, 15) is 4.79 Å². The molecule has 0 atom stereocenters. The molecule has 1 aromatic rings. The number of hydrogen-bond acceptors (Lipinski definition) is 2. The van der Waals surface area contributed by atoms with Crippen molar-refractivity contribution in [3.8, 4) is 0 Å². The van der Waals surface area contributed by atoms with Crippen LogP contribution in [0.15, 0.2) is 48.6 Å². The third-order valence-corrected chi connectivity index (χ3v) is 2.84. The molecule has 88 valence electrons. The topological polar surface area (TPSA) is 26.3 Å². The van der Waals surface area contributed by atoms with E-state index < -0.39 is 5.60 Å². The van der Waals surface area contributed by atoms with E-state index in [1.807, 2.05) is 30.3 Å². The fourth-order valence-electron chi connectivity index (χ4n) is 1.98. The van der Waals surface area contributed by atoms with Gasteiger partial charge in [0.25, 0.3) is 0 Å². The fraction of sp³-hybridized carbons (Fsp3) is 0.267. The van der Waals surface area contributed by atoms with Gasteiger partial charge in [-0.25, -0.2) is 0 Å². The van der Waals surface area contributed by atoms with Crippen molar-refractivity contribution in [2.24, 2.45) is 0 Å². The molecule has 0 saturated heterocycles. The SMILES string of the molecule is C=CCC1=C(c2ccccc2)OC(C)(C)C1=O. The first-order chi connectivity index (χ1) is 8.06. The molecule has 2 rings (SSSR count). The number of ether oxygens (including phenoxy) is 1. The summed E-state index contributed by atoms with van der Waals surface area (Å²) in [4.78, 5) is 12.2. The van der Waals surface area contributed by atoms with Crippen molar-refractivity contribution in [3.05, 3.63) is 54.1 Å². The first-order valence-electron chi connectivity index (χ1n) is 5.69. The number of rotatable bonds is 3. The summed E-state index contributed by atoms with van der Waals surface area (Å²) in [6.45, 7) is 7.29. The Kier molecular flexibility index (Phi) is 2.88. The van der Waals surface area contributed by atoms with E-state index in [0.717, 1.165) is 11.1 Å². The molecule has 17 heavy (non-hydrogen) atoms. The molecule has 0 bridgehead atoms. The molecule has 1 aliphatic heterocycles. The van der Waals surface area contributed by atoms with Gasteiger partial charge in [0.15, 0.2) is 5.60 Å². The quantitative estimate of drug-likeness (QED) is 0.741. The monoisotopic (exact) mass is 228 g/mol. The summed E-state index contributed by atoms with van der Waals surface area (Å²) in [7, 11) is 0. The van der Waals surface area contributed by atoms with Crippen LogP contribution in [0.2, 0.25) is 0 Å². The average molecular weight is 228 g/mol. The van der Waals surface area contributed by atoms with Crippen LogP contribution in [0.25, 0.3) is 5.76 Å². The molecule has 2 heteroatoms. The minimum atomic E-state index is -0.760. The number of allylic oxidation sites excluding steroid dienone is 1. The van der Waals surface area contributed by atoms with Crippen molar-refractivity contribution in [1.82, 2.24) is 0 Å². The van der Waals surface area contributed by atoms with Crippen LogP contribution in [0.1, 0.15) is 25.8 Å². The molecule has 0 radical (unpaired) electrons. The van der Waals surface area contributed by atoms with Gasteiger partial charge in [0.2, 0.25) is 5.78 Å². The van der Waals surface area contributed by atoms with Crippen LogP contribution < -0.4 is 0 Å². The minimum absolute atomic E-state index is 0.0521. The van der Waals surface area contributed by atoms with Gasteiger partial charge in [0.1, 0.15) is 5.76 Å². The predicted molar refractivity (Wildman–Crippen MR) is 68.3 cm³/mol. The third kappa shape index (κ3) is 2.03. The van der Waals surface area contributed by atoms with E-state index in [2.05, 4.69) is 6.58 Å². The van der Waals surface area contributed by atoms with Gasteiger partial charge in [-0.3, -0.25) is 4.79 Å². The van der Waals surface area contributed by atoms with Gasteiger partial charge in [-0.05, 0) is 20.3 Å². The second-order valence-corrected chi connectivity index (χ2v) is 4.61. The van der Waals surface area contributed by atoms with Crippen LogP contribution in [0.5, 0.6) is 0 Å². The van der Waals surface area contributed by atoms with Crippen LogP contribution in [0.3, 0.4) is 0 Å². The second kappa shape index (κ2) is 4.21. The number of carbonyl (C=O) groups is 1. The highest BCUT2D eigenvalue weighted by Crippen LogP contribution is 2.37. The lowest BCUT2D eigenvalue weighted by atomic mass is 9.96. The number of benzene rings is 1. The Morgan fingerprint density at radius 3 is 2.53 bits per heavy atom. The van der Waals surface area contributed by atoms with Crippen molar-refractivity contribution in [1.29, 1.82) is 0 Å². The van der Waals surface area contributed by atoms with E-state index >= 15 is 0 Å². The standard InChI is InChI=1S/C15H16O2/c1-4-8-12-13(11-9-6-5-7-10-11)17-15(2,3)14(12)16/h4-7,9-10H,1,8H2,2-3H3. The molecule has 0 amide bonds. The maximum atomic E-state index is 12.2. The predicted octanol–water partition coefficient (Wildman–Crippen LogP) is 3.35. The molecule has 0 aromatic heterocycles. The van der Waals surface area contributed by atoms with Crippen molar-refractivity contribution in [2.75, 3.05) is 0 Å². The van der Waals surface area contributed by atoms with Crippen molar-refractivity contribution in [2.45, 2.75) is 25.9 Å². The van der Waals surface area contributed by atoms with E-state index in [0.29, 0.717) is 12.2 Å². The highest BCUT2D eigenvalue weighted by molar-refractivity contribution is 6.10. The van der Waals surface area contributed by atoms with E-state index in [4.69, 9.17) is 4.74 Å². The number of hydrogen-bond donors (Lipinski definition) is 0. The molecule has 2 nitrogen and oxygen atoms in total. The lowest BCUT2D eigenvalue weighted by Crippen LogP contribution is -2.29. The van der Waals surface area contributed by atoms with Crippen LogP contribution in [-0.4, -0.2) is 11.4 Å². The summed E-state index contributed by atoms with van der Waals surface area (Å²) >= 11 is 0. The number of Topliss-reactive ketones (excluding diaryl/α,β-unsaturated/α-hetero) is 1. The van der Waals surface area contributed by atoms with Gasteiger partial charge in [-0.1, -0.05) is 36.4 Å². The van der Waals surface area contributed by atoms with Crippen LogP contribution >= 0.6 is 0 Å².